The third-order valence-corrected chi connectivity index (χ3v) is 3.94. The highest BCUT2D eigenvalue weighted by atomic mass is 16.7. The van der Waals surface area contributed by atoms with E-state index in [4.69, 9.17) is 23.7 Å². The molecule has 0 bridgehead atoms. The molecule has 1 aromatic carbocycles. The quantitative estimate of drug-likeness (QED) is 0.688. The predicted molar refractivity (Wildman–Crippen MR) is 87.1 cm³/mol. The smallest absolute Gasteiger partial charge is 0.187 e. The molecule has 0 unspecified atom stereocenters. The lowest BCUT2D eigenvalue weighted by atomic mass is 9.99. The summed E-state index contributed by atoms with van der Waals surface area (Å²) in [7, 11) is 3.27. The molecule has 5 nitrogen and oxygen atoms in total. The maximum Gasteiger partial charge on any atom is 0.187 e. The summed E-state index contributed by atoms with van der Waals surface area (Å²) in [5.74, 6) is 0. The average molecular weight is 322 g/mol. The molecule has 1 saturated heterocycles. The van der Waals surface area contributed by atoms with Gasteiger partial charge >= 0.3 is 0 Å². The van der Waals surface area contributed by atoms with E-state index in [1.807, 2.05) is 37.3 Å². The maximum atomic E-state index is 6.06. The van der Waals surface area contributed by atoms with Crippen molar-refractivity contribution in [3.8, 4) is 0 Å². The number of methoxy groups -OCH3 is 2. The highest BCUT2D eigenvalue weighted by Gasteiger charge is 2.46. The molecule has 0 radical (unpaired) electrons. The lowest BCUT2D eigenvalue weighted by Gasteiger charge is -2.44. The number of benzene rings is 1. The molecule has 0 N–H and O–H groups in total. The van der Waals surface area contributed by atoms with Crippen LogP contribution in [0.4, 0.5) is 0 Å². The fourth-order valence-corrected chi connectivity index (χ4v) is 2.78. The van der Waals surface area contributed by atoms with Gasteiger partial charge in [-0.1, -0.05) is 36.4 Å². The summed E-state index contributed by atoms with van der Waals surface area (Å²) in [4.78, 5) is 0. The molecule has 128 valence electrons. The van der Waals surface area contributed by atoms with Gasteiger partial charge in [-0.2, -0.15) is 0 Å². The van der Waals surface area contributed by atoms with Crippen LogP contribution in [0.5, 0.6) is 0 Å². The zero-order valence-electron chi connectivity index (χ0n) is 14.0. The zero-order valence-corrected chi connectivity index (χ0v) is 14.0. The summed E-state index contributed by atoms with van der Waals surface area (Å²) >= 11 is 0. The first-order valence-corrected chi connectivity index (χ1v) is 7.80. The Labute approximate surface area is 138 Å². The lowest BCUT2D eigenvalue weighted by molar-refractivity contribution is -0.307. The van der Waals surface area contributed by atoms with Crippen molar-refractivity contribution in [3.05, 3.63) is 48.6 Å². The van der Waals surface area contributed by atoms with Crippen LogP contribution in [0, 0.1) is 0 Å². The van der Waals surface area contributed by atoms with E-state index in [1.54, 1.807) is 20.3 Å². The third kappa shape index (κ3) is 4.62. The normalized spacial score (nSPS) is 31.0. The van der Waals surface area contributed by atoms with E-state index < -0.39 is 6.29 Å². The second-order valence-electron chi connectivity index (χ2n) is 5.49. The standard InChI is InChI=1S/C18H26O5/c1-5-11-21-18-17(20-4)16(19-3)15(13(2)23-18)22-12-14-9-7-6-8-10-14/h5-10,13,15-18H,1,11-12H2,2-4H3/t13-,15+,16-,17-,18-/m1/s1. The fraction of sp³-hybridized carbons (Fsp3) is 0.556. The molecule has 5 atom stereocenters. The van der Waals surface area contributed by atoms with Gasteiger partial charge in [0.05, 0.1) is 19.3 Å². The van der Waals surface area contributed by atoms with Crippen LogP contribution in [-0.4, -0.2) is 51.5 Å². The fourth-order valence-electron chi connectivity index (χ4n) is 2.78. The van der Waals surface area contributed by atoms with Crippen molar-refractivity contribution in [1.82, 2.24) is 0 Å². The molecule has 2 rings (SSSR count). The first-order valence-electron chi connectivity index (χ1n) is 7.80. The lowest BCUT2D eigenvalue weighted by Crippen LogP contribution is -2.59. The summed E-state index contributed by atoms with van der Waals surface area (Å²) in [6, 6.07) is 10.0. The van der Waals surface area contributed by atoms with Crippen LogP contribution in [0.2, 0.25) is 0 Å². The van der Waals surface area contributed by atoms with Gasteiger partial charge < -0.3 is 23.7 Å². The van der Waals surface area contributed by atoms with Gasteiger partial charge in [0.15, 0.2) is 6.29 Å². The van der Waals surface area contributed by atoms with E-state index in [1.165, 1.54) is 0 Å². The van der Waals surface area contributed by atoms with E-state index in [9.17, 15) is 0 Å². The number of ether oxygens (including phenoxy) is 5. The minimum absolute atomic E-state index is 0.176. The highest BCUT2D eigenvalue weighted by Crippen LogP contribution is 2.28. The average Bonchev–Trinajstić information content (AvgIpc) is 2.59. The molecular formula is C18H26O5. The van der Waals surface area contributed by atoms with Crippen LogP contribution in [0.25, 0.3) is 0 Å². The molecule has 0 saturated carbocycles. The Bertz CT molecular complexity index is 464. The third-order valence-electron chi connectivity index (χ3n) is 3.94. The topological polar surface area (TPSA) is 46.2 Å². The molecule has 23 heavy (non-hydrogen) atoms. The van der Waals surface area contributed by atoms with Crippen LogP contribution in [0.15, 0.2) is 43.0 Å². The predicted octanol–water partition coefficient (Wildman–Crippen LogP) is 2.55. The molecular weight excluding hydrogens is 296 g/mol. The Morgan fingerprint density at radius 1 is 1.04 bits per heavy atom. The van der Waals surface area contributed by atoms with Crippen molar-refractivity contribution < 1.29 is 23.7 Å². The molecule has 5 heteroatoms. The van der Waals surface area contributed by atoms with Gasteiger partial charge in [-0.3, -0.25) is 0 Å². The van der Waals surface area contributed by atoms with Crippen LogP contribution in [-0.2, 0) is 30.3 Å². The van der Waals surface area contributed by atoms with E-state index in [0.717, 1.165) is 5.56 Å². The summed E-state index contributed by atoms with van der Waals surface area (Å²) in [5, 5.41) is 0. The molecule has 1 aliphatic heterocycles. The Hall–Kier alpha value is -1.24. The highest BCUT2D eigenvalue weighted by molar-refractivity contribution is 5.13. The molecule has 0 amide bonds. The van der Waals surface area contributed by atoms with Gasteiger partial charge in [-0.05, 0) is 12.5 Å². The van der Waals surface area contributed by atoms with Crippen molar-refractivity contribution in [1.29, 1.82) is 0 Å². The summed E-state index contributed by atoms with van der Waals surface area (Å²) in [5.41, 5.74) is 1.11. The molecule has 1 aromatic rings. The SMILES string of the molecule is C=CCO[C@@H]1O[C@H](C)[C@H](OCc2ccccc2)[C@@H](OC)[C@H]1OC. The van der Waals surface area contributed by atoms with Crippen LogP contribution in [0.1, 0.15) is 12.5 Å². The van der Waals surface area contributed by atoms with Crippen molar-refractivity contribution in [3.63, 3.8) is 0 Å². The summed E-state index contributed by atoms with van der Waals surface area (Å²) in [6.45, 7) is 6.50. The second kappa shape index (κ2) is 9.15. The molecule has 0 aliphatic carbocycles. The van der Waals surface area contributed by atoms with Crippen molar-refractivity contribution in [2.75, 3.05) is 20.8 Å². The molecule has 1 heterocycles. The van der Waals surface area contributed by atoms with Crippen molar-refractivity contribution >= 4 is 0 Å². The largest absolute Gasteiger partial charge is 0.376 e. The van der Waals surface area contributed by atoms with Crippen LogP contribution < -0.4 is 0 Å². The van der Waals surface area contributed by atoms with Crippen molar-refractivity contribution in [2.45, 2.75) is 44.2 Å². The minimum atomic E-state index is -0.505. The van der Waals surface area contributed by atoms with Gasteiger partial charge in [-0.15, -0.1) is 6.58 Å². The van der Waals surface area contributed by atoms with Crippen molar-refractivity contribution in [2.24, 2.45) is 0 Å². The Balaban J connectivity index is 2.04. The number of hydrogen-bond donors (Lipinski definition) is 0. The summed E-state index contributed by atoms with van der Waals surface area (Å²) < 4.78 is 28.8. The van der Waals surface area contributed by atoms with E-state index in [-0.39, 0.29) is 24.4 Å². The summed E-state index contributed by atoms with van der Waals surface area (Å²) in [6.07, 6.45) is 0.118. The molecule has 1 aliphatic rings. The monoisotopic (exact) mass is 322 g/mol. The molecule has 1 fully saturated rings. The molecule has 0 aromatic heterocycles. The van der Waals surface area contributed by atoms with Crippen LogP contribution in [0.3, 0.4) is 0 Å². The van der Waals surface area contributed by atoms with Gasteiger partial charge in [0.1, 0.15) is 18.3 Å². The Kier molecular flexibility index (Phi) is 7.20. The minimum Gasteiger partial charge on any atom is -0.376 e. The maximum absolute atomic E-state index is 6.06. The van der Waals surface area contributed by atoms with Gasteiger partial charge in [0.2, 0.25) is 0 Å². The van der Waals surface area contributed by atoms with E-state index >= 15 is 0 Å². The van der Waals surface area contributed by atoms with Gasteiger partial charge in [-0.25, -0.2) is 0 Å². The second-order valence-corrected chi connectivity index (χ2v) is 5.49. The Morgan fingerprint density at radius 3 is 2.35 bits per heavy atom. The van der Waals surface area contributed by atoms with E-state index in [2.05, 4.69) is 6.58 Å². The zero-order chi connectivity index (χ0) is 16.7. The first kappa shape index (κ1) is 18.1. The number of hydrogen-bond acceptors (Lipinski definition) is 5. The first-order chi connectivity index (χ1) is 11.2. The van der Waals surface area contributed by atoms with Gasteiger partial charge in [0.25, 0.3) is 0 Å². The van der Waals surface area contributed by atoms with Crippen LogP contribution >= 0.6 is 0 Å². The number of rotatable bonds is 8. The Morgan fingerprint density at radius 2 is 1.74 bits per heavy atom. The van der Waals surface area contributed by atoms with Gasteiger partial charge in [0, 0.05) is 14.2 Å². The molecule has 0 spiro atoms. The van der Waals surface area contributed by atoms with E-state index in [0.29, 0.717) is 13.2 Å².